The first-order valence-electron chi connectivity index (χ1n) is 11.1. The number of aliphatic hydroxyl groups excluding tert-OH is 2. The molecule has 3 aromatic rings. The second kappa shape index (κ2) is 11.0. The van der Waals surface area contributed by atoms with Gasteiger partial charge in [-0.3, -0.25) is 0 Å². The fraction of sp³-hybridized carbons (Fsp3) is 0.333. The van der Waals surface area contributed by atoms with Crippen LogP contribution < -0.4 is 0 Å². The average Bonchev–Trinajstić information content (AvgIpc) is 3.03. The number of hydrogen-bond donors (Lipinski definition) is 3. The topological polar surface area (TPSA) is 88.4 Å². The summed E-state index contributed by atoms with van der Waals surface area (Å²) in [5, 5.41) is 33.1. The van der Waals surface area contributed by atoms with Gasteiger partial charge >= 0.3 is 0 Å². The van der Waals surface area contributed by atoms with E-state index in [1.54, 1.807) is 0 Å². The molecule has 0 saturated heterocycles. The van der Waals surface area contributed by atoms with E-state index >= 15 is 0 Å². The third kappa shape index (κ3) is 5.68. The first-order valence-corrected chi connectivity index (χ1v) is 11.1. The van der Waals surface area contributed by atoms with Gasteiger partial charge in [-0.15, -0.1) is 0 Å². The summed E-state index contributed by atoms with van der Waals surface area (Å²) in [7, 11) is 0. The lowest BCUT2D eigenvalue weighted by molar-refractivity contribution is -0.188. The van der Waals surface area contributed by atoms with Crippen molar-refractivity contribution in [2.45, 2.75) is 49.8 Å². The zero-order valence-electron chi connectivity index (χ0n) is 18.4. The van der Waals surface area contributed by atoms with Crippen molar-refractivity contribution in [3.63, 3.8) is 0 Å². The highest BCUT2D eigenvalue weighted by Gasteiger charge is 2.61. The maximum atomic E-state index is 11.5. The van der Waals surface area contributed by atoms with Gasteiger partial charge in [0.15, 0.2) is 0 Å². The Morgan fingerprint density at radius 1 is 0.636 bits per heavy atom. The van der Waals surface area contributed by atoms with Crippen molar-refractivity contribution >= 4 is 0 Å². The van der Waals surface area contributed by atoms with Gasteiger partial charge in [0.25, 0.3) is 0 Å². The summed E-state index contributed by atoms with van der Waals surface area (Å²) >= 11 is 0. The van der Waals surface area contributed by atoms with E-state index in [4.69, 9.17) is 14.2 Å². The maximum Gasteiger partial charge on any atom is 0.145 e. The quantitative estimate of drug-likeness (QED) is 0.440. The van der Waals surface area contributed by atoms with Crippen LogP contribution in [-0.4, -0.2) is 51.9 Å². The minimum absolute atomic E-state index is 0.192. The molecule has 1 aliphatic carbocycles. The number of hydrogen-bond acceptors (Lipinski definition) is 6. The maximum absolute atomic E-state index is 11.5. The van der Waals surface area contributed by atoms with Crippen LogP contribution in [0.15, 0.2) is 91.0 Å². The smallest absolute Gasteiger partial charge is 0.145 e. The van der Waals surface area contributed by atoms with Gasteiger partial charge in [0.05, 0.1) is 26.4 Å². The zero-order valence-corrected chi connectivity index (χ0v) is 18.4. The van der Waals surface area contributed by atoms with Crippen LogP contribution in [0.4, 0.5) is 0 Å². The predicted molar refractivity (Wildman–Crippen MR) is 123 cm³/mol. The Hall–Kier alpha value is -2.58. The summed E-state index contributed by atoms with van der Waals surface area (Å²) in [6.45, 7) is 0.441. The lowest BCUT2D eigenvalue weighted by atomic mass is 9.98. The molecule has 0 unspecified atom stereocenters. The average molecular weight is 451 g/mol. The highest BCUT2D eigenvalue weighted by Crippen LogP contribution is 2.37. The summed E-state index contributed by atoms with van der Waals surface area (Å²) in [6.07, 6.45) is -4.76. The second-order valence-corrected chi connectivity index (χ2v) is 8.38. The van der Waals surface area contributed by atoms with Gasteiger partial charge < -0.3 is 29.5 Å². The molecule has 0 spiro atoms. The number of ether oxygens (including phenoxy) is 3. The highest BCUT2D eigenvalue weighted by atomic mass is 16.6. The Kier molecular flexibility index (Phi) is 7.88. The molecule has 0 aromatic heterocycles. The van der Waals surface area contributed by atoms with E-state index in [0.717, 1.165) is 16.7 Å². The van der Waals surface area contributed by atoms with Gasteiger partial charge in [0.1, 0.15) is 30.0 Å². The van der Waals surface area contributed by atoms with E-state index < -0.39 is 30.0 Å². The lowest BCUT2D eigenvalue weighted by Gasteiger charge is -2.33. The van der Waals surface area contributed by atoms with Crippen LogP contribution in [0.3, 0.4) is 0 Å². The van der Waals surface area contributed by atoms with E-state index in [0.29, 0.717) is 0 Å². The molecule has 0 heterocycles. The Morgan fingerprint density at radius 2 is 1.09 bits per heavy atom. The number of rotatable bonds is 10. The summed E-state index contributed by atoms with van der Waals surface area (Å²) in [4.78, 5) is 0. The van der Waals surface area contributed by atoms with Crippen molar-refractivity contribution < 1.29 is 29.5 Å². The molecule has 0 amide bonds. The molecule has 5 atom stereocenters. The molecule has 3 N–H and O–H groups in total. The molecule has 1 aliphatic rings. The van der Waals surface area contributed by atoms with E-state index in [1.807, 2.05) is 91.0 Å². The van der Waals surface area contributed by atoms with Crippen LogP contribution in [0.2, 0.25) is 0 Å². The van der Waals surface area contributed by atoms with Crippen LogP contribution >= 0.6 is 0 Å². The molecule has 6 heteroatoms. The molecule has 0 aliphatic heterocycles. The number of aliphatic hydroxyl groups is 3. The molecule has 0 bridgehead atoms. The molecule has 33 heavy (non-hydrogen) atoms. The van der Waals surface area contributed by atoms with Gasteiger partial charge in [-0.25, -0.2) is 0 Å². The molecular formula is C27H30O6. The second-order valence-electron chi connectivity index (χ2n) is 8.38. The van der Waals surface area contributed by atoms with Crippen LogP contribution in [-0.2, 0) is 34.0 Å². The highest BCUT2D eigenvalue weighted by molar-refractivity contribution is 5.17. The van der Waals surface area contributed by atoms with Crippen LogP contribution in [0.5, 0.6) is 0 Å². The monoisotopic (exact) mass is 450 g/mol. The minimum atomic E-state index is -1.84. The molecule has 0 radical (unpaired) electrons. The third-order valence-corrected chi connectivity index (χ3v) is 5.97. The van der Waals surface area contributed by atoms with E-state index in [-0.39, 0.29) is 26.4 Å². The van der Waals surface area contributed by atoms with Crippen LogP contribution in [0.25, 0.3) is 0 Å². The first kappa shape index (κ1) is 23.6. The van der Waals surface area contributed by atoms with Crippen molar-refractivity contribution in [3.05, 3.63) is 108 Å². The molecule has 1 saturated carbocycles. The molecular weight excluding hydrogens is 420 g/mol. The molecule has 1 fully saturated rings. The van der Waals surface area contributed by atoms with Gasteiger partial charge in [-0.05, 0) is 16.7 Å². The van der Waals surface area contributed by atoms with Crippen molar-refractivity contribution in [1.82, 2.24) is 0 Å². The van der Waals surface area contributed by atoms with Gasteiger partial charge in [-0.2, -0.15) is 0 Å². The normalized spacial score (nSPS) is 27.0. The summed E-state index contributed by atoms with van der Waals surface area (Å²) in [5.74, 6) is 0. The van der Waals surface area contributed by atoms with E-state index in [9.17, 15) is 15.3 Å². The molecule has 174 valence electrons. The van der Waals surface area contributed by atoms with Crippen molar-refractivity contribution in [2.24, 2.45) is 0 Å². The van der Waals surface area contributed by atoms with Crippen molar-refractivity contribution in [1.29, 1.82) is 0 Å². The Morgan fingerprint density at radius 3 is 1.61 bits per heavy atom. The van der Waals surface area contributed by atoms with E-state index in [1.165, 1.54) is 0 Å². The molecule has 3 aromatic carbocycles. The van der Waals surface area contributed by atoms with Gasteiger partial charge in [0, 0.05) is 0 Å². The Balaban J connectivity index is 1.49. The predicted octanol–water partition coefficient (Wildman–Crippen LogP) is 2.84. The Bertz CT molecular complexity index is 968. The summed E-state index contributed by atoms with van der Waals surface area (Å²) < 4.78 is 17.8. The molecule has 4 rings (SSSR count). The molecule has 6 nitrogen and oxygen atoms in total. The minimum Gasteiger partial charge on any atom is -0.387 e. The standard InChI is InChI=1S/C27H30O6/c28-23-24(32-17-21-12-6-2-7-13-21)26(33-18-22-14-8-3-9-15-22)27(30,25(23)29)19-31-16-20-10-4-1-5-11-20/h1-15,23-26,28-30H,16-19H2/t23-,24+,25-,26-,27+/m0/s1. The fourth-order valence-electron chi connectivity index (χ4n) is 4.13. The Labute approximate surface area is 194 Å². The van der Waals surface area contributed by atoms with Gasteiger partial charge in [0.2, 0.25) is 0 Å². The van der Waals surface area contributed by atoms with Crippen molar-refractivity contribution in [3.8, 4) is 0 Å². The lowest BCUT2D eigenvalue weighted by Crippen LogP contribution is -2.53. The summed E-state index contributed by atoms with van der Waals surface area (Å²) in [6, 6.07) is 28.6. The summed E-state index contributed by atoms with van der Waals surface area (Å²) in [5.41, 5.74) is 0.914. The first-order chi connectivity index (χ1) is 16.1. The third-order valence-electron chi connectivity index (χ3n) is 5.97. The number of benzene rings is 3. The zero-order chi connectivity index (χ0) is 23.1. The van der Waals surface area contributed by atoms with E-state index in [2.05, 4.69) is 0 Å². The van der Waals surface area contributed by atoms with Crippen LogP contribution in [0.1, 0.15) is 16.7 Å². The van der Waals surface area contributed by atoms with Gasteiger partial charge in [-0.1, -0.05) is 91.0 Å². The van der Waals surface area contributed by atoms with Crippen molar-refractivity contribution in [2.75, 3.05) is 6.61 Å². The SMILES string of the molecule is O[C@H]1[C@@H](OCc2ccccc2)[C@H](OCc2ccccc2)[C@@](O)(COCc2ccccc2)[C@H]1O. The fourth-order valence-corrected chi connectivity index (χ4v) is 4.13. The van der Waals surface area contributed by atoms with Crippen LogP contribution in [0, 0.1) is 0 Å². The largest absolute Gasteiger partial charge is 0.387 e.